The number of anilines is 1. The molecular formula is C15H15ClN2O6S. The topological polar surface area (TPSA) is 139 Å². The Morgan fingerprint density at radius 1 is 1.28 bits per heavy atom. The highest BCUT2D eigenvalue weighted by Gasteiger charge is 2.21. The van der Waals surface area contributed by atoms with Crippen LogP contribution >= 0.6 is 11.6 Å². The maximum Gasteiger partial charge on any atom is 0.411 e. The van der Waals surface area contributed by atoms with Crippen LogP contribution in [0.3, 0.4) is 0 Å². The number of nitrogens with one attached hydrogen (secondary N) is 1. The van der Waals surface area contributed by atoms with Crippen molar-refractivity contribution < 1.29 is 27.6 Å². The van der Waals surface area contributed by atoms with Gasteiger partial charge in [0.2, 0.25) is 0 Å². The smallest absolute Gasteiger partial charge is 0.411 e. The molecule has 1 atom stereocenters. The molecule has 134 valence electrons. The fraction of sp³-hybridized carbons (Fsp3) is 0.133. The monoisotopic (exact) mass is 386 g/mol. The van der Waals surface area contributed by atoms with Gasteiger partial charge < -0.3 is 15.6 Å². The standard InChI is InChI=1S/C15H15ClN2O6S/c16-10-6-12(14(19)13(7-10)25(21,22)23)18-15(20)24-8-11(17)9-4-2-1-3-5-9/h1-7,11,19H,8,17H2,(H,18,20)(H,21,22,23). The van der Waals surface area contributed by atoms with Crippen LogP contribution < -0.4 is 11.1 Å². The molecule has 0 saturated carbocycles. The summed E-state index contributed by atoms with van der Waals surface area (Å²) in [5.74, 6) is -0.865. The number of aromatic hydroxyl groups is 1. The number of halogens is 1. The lowest BCUT2D eigenvalue weighted by Gasteiger charge is -2.14. The van der Waals surface area contributed by atoms with E-state index in [1.807, 2.05) is 6.07 Å². The lowest BCUT2D eigenvalue weighted by atomic mass is 10.1. The van der Waals surface area contributed by atoms with Gasteiger partial charge in [0.05, 0.1) is 11.7 Å². The molecule has 0 saturated heterocycles. The van der Waals surface area contributed by atoms with Crippen molar-refractivity contribution in [1.29, 1.82) is 0 Å². The molecule has 8 nitrogen and oxygen atoms in total. The minimum Gasteiger partial charge on any atom is -0.504 e. The van der Waals surface area contributed by atoms with E-state index in [9.17, 15) is 18.3 Å². The number of carbonyl (C=O) groups is 1. The molecule has 0 aliphatic carbocycles. The minimum absolute atomic E-state index is 0.123. The number of hydrogen-bond acceptors (Lipinski definition) is 6. The normalized spacial score (nSPS) is 12.4. The second-order valence-corrected chi connectivity index (χ2v) is 6.84. The zero-order valence-corrected chi connectivity index (χ0v) is 14.3. The summed E-state index contributed by atoms with van der Waals surface area (Å²) in [5.41, 5.74) is 6.31. The van der Waals surface area contributed by atoms with E-state index in [0.717, 1.165) is 17.7 Å². The van der Waals surface area contributed by atoms with E-state index in [1.165, 1.54) is 0 Å². The lowest BCUT2D eigenvalue weighted by molar-refractivity contribution is 0.154. The Morgan fingerprint density at radius 3 is 2.52 bits per heavy atom. The Labute approximate surface area is 148 Å². The van der Waals surface area contributed by atoms with Gasteiger partial charge in [-0.3, -0.25) is 9.87 Å². The Hall–Kier alpha value is -2.33. The molecular weight excluding hydrogens is 372 g/mol. The van der Waals surface area contributed by atoms with E-state index in [2.05, 4.69) is 5.32 Å². The van der Waals surface area contributed by atoms with E-state index in [-0.39, 0.29) is 17.3 Å². The van der Waals surface area contributed by atoms with Crippen LogP contribution in [-0.4, -0.2) is 30.8 Å². The first-order valence-corrected chi connectivity index (χ1v) is 8.74. The molecule has 0 aliphatic rings. The summed E-state index contributed by atoms with van der Waals surface area (Å²) in [6, 6.07) is 10.3. The van der Waals surface area contributed by atoms with Crippen LogP contribution in [0.1, 0.15) is 11.6 Å². The average Bonchev–Trinajstić information content (AvgIpc) is 2.55. The van der Waals surface area contributed by atoms with Gasteiger partial charge in [-0.15, -0.1) is 0 Å². The highest BCUT2D eigenvalue weighted by molar-refractivity contribution is 7.86. The molecule has 2 aromatic rings. The molecule has 25 heavy (non-hydrogen) atoms. The molecule has 10 heteroatoms. The molecule has 5 N–H and O–H groups in total. The predicted molar refractivity (Wildman–Crippen MR) is 91.3 cm³/mol. The Bertz CT molecular complexity index is 873. The summed E-state index contributed by atoms with van der Waals surface area (Å²) in [4.78, 5) is 11.0. The molecule has 2 rings (SSSR count). The Morgan fingerprint density at radius 2 is 1.92 bits per heavy atom. The minimum atomic E-state index is -4.72. The van der Waals surface area contributed by atoms with Crippen LogP contribution in [-0.2, 0) is 14.9 Å². The van der Waals surface area contributed by atoms with Crippen molar-refractivity contribution in [3.8, 4) is 5.75 Å². The van der Waals surface area contributed by atoms with E-state index >= 15 is 0 Å². The number of benzene rings is 2. The van der Waals surface area contributed by atoms with Gasteiger partial charge in [-0.1, -0.05) is 41.9 Å². The lowest BCUT2D eigenvalue weighted by Crippen LogP contribution is -2.22. The zero-order valence-electron chi connectivity index (χ0n) is 12.7. The van der Waals surface area contributed by atoms with Gasteiger partial charge in [-0.05, 0) is 17.7 Å². The third kappa shape index (κ3) is 5.07. The third-order valence-corrected chi connectivity index (χ3v) is 4.26. The van der Waals surface area contributed by atoms with Crippen LogP contribution in [0, 0.1) is 0 Å². The van der Waals surface area contributed by atoms with Gasteiger partial charge in [-0.25, -0.2) is 4.79 Å². The van der Waals surface area contributed by atoms with Crippen LogP contribution in [0.4, 0.5) is 10.5 Å². The Balaban J connectivity index is 2.07. The molecule has 0 aliphatic heterocycles. The quantitative estimate of drug-likeness (QED) is 0.457. The zero-order chi connectivity index (χ0) is 18.6. The molecule has 1 amide bonds. The maximum absolute atomic E-state index is 11.8. The first-order valence-electron chi connectivity index (χ1n) is 6.93. The van der Waals surface area contributed by atoms with Gasteiger partial charge in [0, 0.05) is 5.02 Å². The number of amides is 1. The van der Waals surface area contributed by atoms with Crippen LogP contribution in [0.15, 0.2) is 47.4 Å². The van der Waals surface area contributed by atoms with Crippen molar-refractivity contribution in [2.75, 3.05) is 11.9 Å². The molecule has 0 fully saturated rings. The highest BCUT2D eigenvalue weighted by Crippen LogP contribution is 2.34. The number of phenols is 1. The van der Waals surface area contributed by atoms with E-state index in [0.29, 0.717) is 0 Å². The first-order chi connectivity index (χ1) is 11.7. The fourth-order valence-electron chi connectivity index (χ4n) is 1.97. The van der Waals surface area contributed by atoms with E-state index in [4.69, 9.17) is 26.6 Å². The number of nitrogens with two attached hydrogens (primary N) is 1. The number of hydrogen-bond donors (Lipinski definition) is 4. The van der Waals surface area contributed by atoms with Crippen LogP contribution in [0.25, 0.3) is 0 Å². The summed E-state index contributed by atoms with van der Waals surface area (Å²) in [6.07, 6.45) is -0.981. The maximum atomic E-state index is 11.8. The summed E-state index contributed by atoms with van der Waals surface area (Å²) >= 11 is 5.72. The largest absolute Gasteiger partial charge is 0.504 e. The Kier molecular flexibility index (Phi) is 5.85. The van der Waals surface area contributed by atoms with E-state index in [1.54, 1.807) is 24.3 Å². The summed E-state index contributed by atoms with van der Waals surface area (Å²) in [6.45, 7) is -0.150. The van der Waals surface area contributed by atoms with Gasteiger partial charge in [0.25, 0.3) is 10.1 Å². The van der Waals surface area contributed by atoms with Gasteiger partial charge in [0.15, 0.2) is 5.75 Å². The molecule has 0 bridgehead atoms. The first kappa shape index (κ1) is 19.0. The van der Waals surface area contributed by atoms with Crippen LogP contribution in [0.5, 0.6) is 5.75 Å². The van der Waals surface area contributed by atoms with Crippen molar-refractivity contribution in [3.63, 3.8) is 0 Å². The number of rotatable bonds is 5. The number of carbonyl (C=O) groups excluding carboxylic acids is 1. The van der Waals surface area contributed by atoms with Crippen molar-refractivity contribution in [2.45, 2.75) is 10.9 Å². The van der Waals surface area contributed by atoms with Crippen molar-refractivity contribution in [2.24, 2.45) is 5.73 Å². The van der Waals surface area contributed by atoms with Gasteiger partial charge in [0.1, 0.15) is 11.5 Å². The summed E-state index contributed by atoms with van der Waals surface area (Å²) in [7, 11) is -4.72. The summed E-state index contributed by atoms with van der Waals surface area (Å²) < 4.78 is 36.4. The molecule has 0 spiro atoms. The highest BCUT2D eigenvalue weighted by atomic mass is 35.5. The second kappa shape index (κ2) is 7.70. The van der Waals surface area contributed by atoms with E-state index < -0.39 is 32.9 Å². The molecule has 1 unspecified atom stereocenters. The number of ether oxygens (including phenoxy) is 1. The SMILES string of the molecule is NC(COC(=O)Nc1cc(Cl)cc(S(=O)(=O)O)c1O)c1ccccc1. The van der Waals surface area contributed by atoms with Crippen molar-refractivity contribution in [3.05, 3.63) is 53.1 Å². The predicted octanol–water partition coefficient (Wildman–Crippen LogP) is 2.54. The van der Waals surface area contributed by atoms with Crippen molar-refractivity contribution >= 4 is 33.5 Å². The molecule has 0 aromatic heterocycles. The van der Waals surface area contributed by atoms with Crippen molar-refractivity contribution in [1.82, 2.24) is 0 Å². The van der Waals surface area contributed by atoms with Gasteiger partial charge >= 0.3 is 6.09 Å². The molecule has 2 aromatic carbocycles. The third-order valence-electron chi connectivity index (χ3n) is 3.18. The average molecular weight is 387 g/mol. The second-order valence-electron chi connectivity index (χ2n) is 5.02. The molecule has 0 heterocycles. The fourth-order valence-corrected chi connectivity index (χ4v) is 2.89. The molecule has 0 radical (unpaired) electrons. The van der Waals surface area contributed by atoms with Crippen LogP contribution in [0.2, 0.25) is 5.02 Å². The van der Waals surface area contributed by atoms with Gasteiger partial charge in [-0.2, -0.15) is 8.42 Å². The number of phenolic OH excluding ortho intramolecular Hbond substituents is 1. The summed E-state index contributed by atoms with van der Waals surface area (Å²) in [5, 5.41) is 11.9.